The lowest BCUT2D eigenvalue weighted by molar-refractivity contribution is -0.117. The van der Waals surface area contributed by atoms with Crippen LogP contribution in [0.25, 0.3) is 0 Å². The van der Waals surface area contributed by atoms with Gasteiger partial charge in [-0.1, -0.05) is 0 Å². The van der Waals surface area contributed by atoms with Crippen molar-refractivity contribution in [2.75, 3.05) is 6.54 Å². The molecule has 0 bridgehead atoms. The second-order valence-corrected chi connectivity index (χ2v) is 1.67. The van der Waals surface area contributed by atoms with Gasteiger partial charge < -0.3 is 5.73 Å². The van der Waals surface area contributed by atoms with E-state index in [1.807, 2.05) is 0 Å². The summed E-state index contributed by atoms with van der Waals surface area (Å²) >= 11 is 0. The monoisotopic (exact) mass is 125 g/mol. The summed E-state index contributed by atoms with van der Waals surface area (Å²) in [6.45, 7) is 1.90. The fourth-order valence-electron chi connectivity index (χ4n) is 0.429. The van der Waals surface area contributed by atoms with Crippen LogP contribution in [-0.2, 0) is 4.79 Å². The van der Waals surface area contributed by atoms with Crippen molar-refractivity contribution in [1.29, 1.82) is 0 Å². The predicted molar refractivity (Wildman–Crippen MR) is 36.7 cm³/mol. The molecule has 0 aromatic carbocycles. The van der Waals surface area contributed by atoms with Gasteiger partial charge in [0.25, 0.3) is 0 Å². The number of carbonyl (C=O) groups is 1. The van der Waals surface area contributed by atoms with Crippen molar-refractivity contribution in [3.05, 3.63) is 0 Å². The van der Waals surface area contributed by atoms with Crippen molar-refractivity contribution < 1.29 is 4.79 Å². The Morgan fingerprint density at radius 3 is 2.78 bits per heavy atom. The van der Waals surface area contributed by atoms with E-state index in [0.717, 1.165) is 0 Å². The Hall–Kier alpha value is -0.810. The molecule has 9 heavy (non-hydrogen) atoms. The van der Waals surface area contributed by atoms with Gasteiger partial charge in [0.05, 0.1) is 6.54 Å². The molecule has 0 amide bonds. The van der Waals surface area contributed by atoms with Crippen LogP contribution in [0.4, 0.5) is 0 Å². The van der Waals surface area contributed by atoms with Crippen LogP contribution in [0, 0.1) is 11.8 Å². The number of rotatable bonds is 3. The molecule has 2 nitrogen and oxygen atoms in total. The van der Waals surface area contributed by atoms with Crippen LogP contribution >= 0.6 is 0 Å². The molecule has 0 aliphatic carbocycles. The molecule has 50 valence electrons. The molecule has 0 rings (SSSR count). The highest BCUT2D eigenvalue weighted by Gasteiger charge is 1.93. The van der Waals surface area contributed by atoms with Crippen molar-refractivity contribution in [3.63, 3.8) is 0 Å². The maximum absolute atomic E-state index is 10.5. The second-order valence-electron chi connectivity index (χ2n) is 1.67. The summed E-state index contributed by atoms with van der Waals surface area (Å²) in [5, 5.41) is 0. The summed E-state index contributed by atoms with van der Waals surface area (Å²) in [5.41, 5.74) is 5.06. The zero-order valence-corrected chi connectivity index (χ0v) is 5.61. The van der Waals surface area contributed by atoms with Crippen molar-refractivity contribution in [3.8, 4) is 11.8 Å². The van der Waals surface area contributed by atoms with E-state index in [9.17, 15) is 4.79 Å². The van der Waals surface area contributed by atoms with E-state index in [4.69, 9.17) is 5.73 Å². The summed E-state index contributed by atoms with van der Waals surface area (Å²) in [6, 6.07) is 0. The smallest absolute Gasteiger partial charge is 0.147 e. The van der Waals surface area contributed by atoms with Gasteiger partial charge in [0.15, 0.2) is 0 Å². The van der Waals surface area contributed by atoms with E-state index < -0.39 is 0 Å². The molecule has 0 saturated heterocycles. The van der Waals surface area contributed by atoms with Crippen molar-refractivity contribution in [2.45, 2.75) is 19.8 Å². The average molecular weight is 125 g/mol. The fraction of sp³-hybridized carbons (Fsp3) is 0.571. The molecule has 0 saturated carbocycles. The minimum atomic E-state index is 0.0813. The topological polar surface area (TPSA) is 43.1 Å². The van der Waals surface area contributed by atoms with E-state index in [1.54, 1.807) is 6.92 Å². The fourth-order valence-corrected chi connectivity index (χ4v) is 0.429. The average Bonchev–Trinajstić information content (AvgIpc) is 1.89. The molecule has 2 heteroatoms. The van der Waals surface area contributed by atoms with Crippen molar-refractivity contribution in [2.24, 2.45) is 5.73 Å². The molecule has 0 atom stereocenters. The Morgan fingerprint density at radius 1 is 1.67 bits per heavy atom. The first-order chi connectivity index (χ1) is 4.31. The third-order valence-corrected chi connectivity index (χ3v) is 0.933. The maximum Gasteiger partial charge on any atom is 0.147 e. The molecule has 0 spiro atoms. The standard InChI is InChI=1S/C7H11NO/c1-2-3-4-5-7(9)6-8/h4-6,8H2,1H3. The summed E-state index contributed by atoms with van der Waals surface area (Å²) in [5.74, 6) is 5.57. The third-order valence-electron chi connectivity index (χ3n) is 0.933. The van der Waals surface area contributed by atoms with Crippen LogP contribution < -0.4 is 5.73 Å². The number of nitrogens with two attached hydrogens (primary N) is 1. The van der Waals surface area contributed by atoms with Crippen LogP contribution in [0.15, 0.2) is 0 Å². The molecule has 0 aliphatic rings. The quantitative estimate of drug-likeness (QED) is 0.552. The van der Waals surface area contributed by atoms with Gasteiger partial charge in [-0.05, 0) is 6.92 Å². The van der Waals surface area contributed by atoms with Gasteiger partial charge >= 0.3 is 0 Å². The lowest BCUT2D eigenvalue weighted by atomic mass is 10.2. The van der Waals surface area contributed by atoms with Gasteiger partial charge in [-0.2, -0.15) is 0 Å². The Morgan fingerprint density at radius 2 is 2.33 bits per heavy atom. The van der Waals surface area contributed by atoms with Gasteiger partial charge in [0, 0.05) is 12.8 Å². The van der Waals surface area contributed by atoms with Gasteiger partial charge in [0.1, 0.15) is 5.78 Å². The first-order valence-electron chi connectivity index (χ1n) is 2.92. The minimum absolute atomic E-state index is 0.0813. The number of hydrogen-bond acceptors (Lipinski definition) is 2. The summed E-state index contributed by atoms with van der Waals surface area (Å²) in [6.07, 6.45) is 1.14. The van der Waals surface area contributed by atoms with Gasteiger partial charge in [-0.15, -0.1) is 11.8 Å². The van der Waals surface area contributed by atoms with E-state index in [0.29, 0.717) is 12.8 Å². The zero-order valence-electron chi connectivity index (χ0n) is 5.61. The number of hydrogen-bond donors (Lipinski definition) is 1. The Labute approximate surface area is 55.4 Å². The molecular weight excluding hydrogens is 114 g/mol. The molecule has 0 radical (unpaired) electrons. The highest BCUT2D eigenvalue weighted by atomic mass is 16.1. The molecule has 0 heterocycles. The molecular formula is C7H11NO. The third kappa shape index (κ3) is 5.05. The minimum Gasteiger partial charge on any atom is -0.324 e. The van der Waals surface area contributed by atoms with Crippen molar-refractivity contribution in [1.82, 2.24) is 0 Å². The zero-order chi connectivity index (χ0) is 7.11. The Bertz CT molecular complexity index is 141. The number of Topliss-reactive ketones (excluding diaryl/α,β-unsaturated/α-hetero) is 1. The Kier molecular flexibility index (Phi) is 4.85. The molecule has 0 aliphatic heterocycles. The Balaban J connectivity index is 3.24. The highest BCUT2D eigenvalue weighted by Crippen LogP contribution is 1.85. The van der Waals surface area contributed by atoms with Gasteiger partial charge in [0.2, 0.25) is 0 Å². The SMILES string of the molecule is CC#CCCC(=O)CN. The lowest BCUT2D eigenvalue weighted by Crippen LogP contribution is -2.12. The van der Waals surface area contributed by atoms with Crippen LogP contribution in [0.1, 0.15) is 19.8 Å². The van der Waals surface area contributed by atoms with Gasteiger partial charge in [-0.25, -0.2) is 0 Å². The van der Waals surface area contributed by atoms with E-state index in [1.165, 1.54) is 0 Å². The van der Waals surface area contributed by atoms with Crippen LogP contribution in [0.3, 0.4) is 0 Å². The van der Waals surface area contributed by atoms with Crippen LogP contribution in [-0.4, -0.2) is 12.3 Å². The molecule has 0 unspecified atom stereocenters. The molecule has 0 aromatic heterocycles. The first kappa shape index (κ1) is 8.19. The summed E-state index contributed by atoms with van der Waals surface area (Å²) < 4.78 is 0. The van der Waals surface area contributed by atoms with Crippen LogP contribution in [0.5, 0.6) is 0 Å². The van der Waals surface area contributed by atoms with Gasteiger partial charge in [-0.3, -0.25) is 4.79 Å². The first-order valence-corrected chi connectivity index (χ1v) is 2.92. The lowest BCUT2D eigenvalue weighted by Gasteiger charge is -1.87. The second kappa shape index (κ2) is 5.33. The van der Waals surface area contributed by atoms with E-state index in [-0.39, 0.29) is 12.3 Å². The molecule has 0 fully saturated rings. The predicted octanol–water partition coefficient (Wildman–Crippen LogP) is 0.318. The largest absolute Gasteiger partial charge is 0.324 e. The summed E-state index contributed by atoms with van der Waals surface area (Å²) in [4.78, 5) is 10.5. The highest BCUT2D eigenvalue weighted by molar-refractivity contribution is 5.80. The number of carbonyl (C=O) groups excluding carboxylic acids is 1. The molecule has 2 N–H and O–H groups in total. The van der Waals surface area contributed by atoms with Crippen LogP contribution in [0.2, 0.25) is 0 Å². The number of ketones is 1. The van der Waals surface area contributed by atoms with E-state index >= 15 is 0 Å². The van der Waals surface area contributed by atoms with E-state index in [2.05, 4.69) is 11.8 Å². The maximum atomic E-state index is 10.5. The summed E-state index contributed by atoms with van der Waals surface area (Å²) in [7, 11) is 0. The molecule has 0 aromatic rings. The van der Waals surface area contributed by atoms with Crippen molar-refractivity contribution >= 4 is 5.78 Å². The normalized spacial score (nSPS) is 7.78.